The van der Waals surface area contributed by atoms with Gasteiger partial charge >= 0.3 is 0 Å². The second kappa shape index (κ2) is 5.49. The van der Waals surface area contributed by atoms with Gasteiger partial charge < -0.3 is 11.1 Å². The number of aryl methyl sites for hydroxylation is 1. The van der Waals surface area contributed by atoms with E-state index in [0.717, 1.165) is 12.8 Å². The third kappa shape index (κ3) is 2.95. The highest BCUT2D eigenvalue weighted by molar-refractivity contribution is 5.96. The summed E-state index contributed by atoms with van der Waals surface area (Å²) in [6.07, 6.45) is 1.95. The molecule has 88 valence electrons. The van der Waals surface area contributed by atoms with Gasteiger partial charge in [0.1, 0.15) is 5.82 Å². The minimum atomic E-state index is -0.484. The average Bonchev–Trinajstić information content (AvgIpc) is 2.23. The Morgan fingerprint density at radius 1 is 1.50 bits per heavy atom. The van der Waals surface area contributed by atoms with Gasteiger partial charge in [0.05, 0.1) is 5.69 Å². The zero-order valence-corrected chi connectivity index (χ0v) is 9.64. The van der Waals surface area contributed by atoms with Gasteiger partial charge in [-0.1, -0.05) is 13.3 Å². The third-order valence-corrected chi connectivity index (χ3v) is 2.40. The number of carbonyl (C=O) groups is 1. The third-order valence-electron chi connectivity index (χ3n) is 2.40. The van der Waals surface area contributed by atoms with E-state index in [1.807, 2.05) is 6.92 Å². The first-order valence-electron chi connectivity index (χ1n) is 5.40. The van der Waals surface area contributed by atoms with Gasteiger partial charge in [-0.05, 0) is 31.0 Å². The summed E-state index contributed by atoms with van der Waals surface area (Å²) in [5, 5.41) is 2.77. The summed E-state index contributed by atoms with van der Waals surface area (Å²) in [7, 11) is 0. The number of halogens is 1. The van der Waals surface area contributed by atoms with Gasteiger partial charge in [-0.15, -0.1) is 0 Å². The van der Waals surface area contributed by atoms with Crippen LogP contribution in [0.5, 0.6) is 0 Å². The molecule has 0 aliphatic rings. The number of nitrogens with two attached hydrogens (primary N) is 1. The minimum absolute atomic E-state index is 0.00578. The molecule has 1 aromatic rings. The fourth-order valence-corrected chi connectivity index (χ4v) is 1.41. The Bertz CT molecular complexity index is 391. The zero-order valence-electron chi connectivity index (χ0n) is 9.64. The number of carbonyl (C=O) groups excluding carboxylic acids is 1. The molecule has 1 aromatic carbocycles. The van der Waals surface area contributed by atoms with E-state index in [0.29, 0.717) is 17.7 Å². The summed E-state index contributed by atoms with van der Waals surface area (Å²) >= 11 is 0. The zero-order chi connectivity index (χ0) is 12.1. The standard InChI is InChI=1S/C12H17FN2O/c1-3-4-5-15-12(16)9-7-11(14)10(13)6-8(9)2/h6-7H,3-5,14H2,1-2H3,(H,15,16). The van der Waals surface area contributed by atoms with Crippen LogP contribution in [0.2, 0.25) is 0 Å². The molecule has 0 spiro atoms. The monoisotopic (exact) mass is 224 g/mol. The molecule has 3 nitrogen and oxygen atoms in total. The maximum atomic E-state index is 13.1. The fraction of sp³-hybridized carbons (Fsp3) is 0.417. The lowest BCUT2D eigenvalue weighted by Gasteiger charge is -2.08. The number of hydrogen-bond acceptors (Lipinski definition) is 2. The summed E-state index contributed by atoms with van der Waals surface area (Å²) in [5.41, 5.74) is 6.47. The van der Waals surface area contributed by atoms with Crippen LogP contribution >= 0.6 is 0 Å². The molecule has 0 heterocycles. The predicted octanol–water partition coefficient (Wildman–Crippen LogP) is 2.25. The number of unbranched alkanes of at least 4 members (excludes halogenated alkanes) is 1. The lowest BCUT2D eigenvalue weighted by Crippen LogP contribution is -2.25. The highest BCUT2D eigenvalue weighted by Gasteiger charge is 2.11. The average molecular weight is 224 g/mol. The number of rotatable bonds is 4. The number of anilines is 1. The van der Waals surface area contributed by atoms with Crippen LogP contribution in [-0.2, 0) is 0 Å². The Labute approximate surface area is 94.8 Å². The van der Waals surface area contributed by atoms with E-state index in [4.69, 9.17) is 5.73 Å². The maximum absolute atomic E-state index is 13.1. The van der Waals surface area contributed by atoms with Crippen LogP contribution in [0.4, 0.5) is 10.1 Å². The molecule has 0 aliphatic heterocycles. The largest absolute Gasteiger partial charge is 0.396 e. The molecular formula is C12H17FN2O. The van der Waals surface area contributed by atoms with Crippen molar-refractivity contribution in [1.82, 2.24) is 5.32 Å². The van der Waals surface area contributed by atoms with Crippen LogP contribution in [0, 0.1) is 12.7 Å². The van der Waals surface area contributed by atoms with Crippen LogP contribution in [0.1, 0.15) is 35.7 Å². The topological polar surface area (TPSA) is 55.1 Å². The van der Waals surface area contributed by atoms with E-state index in [1.54, 1.807) is 6.92 Å². The van der Waals surface area contributed by atoms with Crippen molar-refractivity contribution in [2.75, 3.05) is 12.3 Å². The Balaban J connectivity index is 2.79. The normalized spacial score (nSPS) is 10.2. The SMILES string of the molecule is CCCCNC(=O)c1cc(N)c(F)cc1C. The Morgan fingerprint density at radius 2 is 2.19 bits per heavy atom. The maximum Gasteiger partial charge on any atom is 0.251 e. The van der Waals surface area contributed by atoms with Crippen molar-refractivity contribution in [2.24, 2.45) is 0 Å². The quantitative estimate of drug-likeness (QED) is 0.608. The number of hydrogen-bond donors (Lipinski definition) is 2. The fourth-order valence-electron chi connectivity index (χ4n) is 1.41. The van der Waals surface area contributed by atoms with Crippen molar-refractivity contribution in [1.29, 1.82) is 0 Å². The molecular weight excluding hydrogens is 207 g/mol. The van der Waals surface area contributed by atoms with Gasteiger partial charge in [-0.25, -0.2) is 4.39 Å². The van der Waals surface area contributed by atoms with Gasteiger partial charge in [0, 0.05) is 12.1 Å². The van der Waals surface area contributed by atoms with Crippen molar-refractivity contribution in [3.05, 3.63) is 29.1 Å². The van der Waals surface area contributed by atoms with Crippen molar-refractivity contribution in [3.8, 4) is 0 Å². The molecule has 0 atom stereocenters. The van der Waals surface area contributed by atoms with Crippen LogP contribution in [-0.4, -0.2) is 12.5 Å². The van der Waals surface area contributed by atoms with Gasteiger partial charge in [0.2, 0.25) is 0 Å². The molecule has 0 aliphatic carbocycles. The van der Waals surface area contributed by atoms with Crippen molar-refractivity contribution in [3.63, 3.8) is 0 Å². The summed E-state index contributed by atoms with van der Waals surface area (Å²) < 4.78 is 13.1. The van der Waals surface area contributed by atoms with Crippen LogP contribution in [0.25, 0.3) is 0 Å². The Morgan fingerprint density at radius 3 is 2.81 bits per heavy atom. The molecule has 0 unspecified atom stereocenters. The van der Waals surface area contributed by atoms with Crippen LogP contribution < -0.4 is 11.1 Å². The van der Waals surface area contributed by atoms with E-state index in [-0.39, 0.29) is 11.6 Å². The second-order valence-corrected chi connectivity index (χ2v) is 3.80. The van der Waals surface area contributed by atoms with E-state index in [2.05, 4.69) is 5.32 Å². The molecule has 0 aromatic heterocycles. The Hall–Kier alpha value is -1.58. The summed E-state index contributed by atoms with van der Waals surface area (Å²) in [6, 6.07) is 2.66. The summed E-state index contributed by atoms with van der Waals surface area (Å²) in [5.74, 6) is -0.680. The Kier molecular flexibility index (Phi) is 4.28. The molecule has 1 amide bonds. The molecule has 0 saturated carbocycles. The number of amides is 1. The van der Waals surface area contributed by atoms with Crippen molar-refractivity contribution >= 4 is 11.6 Å². The van der Waals surface area contributed by atoms with E-state index in [1.165, 1.54) is 12.1 Å². The summed E-state index contributed by atoms with van der Waals surface area (Å²) in [6.45, 7) is 4.37. The minimum Gasteiger partial charge on any atom is -0.396 e. The predicted molar refractivity (Wildman–Crippen MR) is 62.8 cm³/mol. The number of nitrogens with one attached hydrogen (secondary N) is 1. The van der Waals surface area contributed by atoms with Gasteiger partial charge in [-0.3, -0.25) is 4.79 Å². The highest BCUT2D eigenvalue weighted by atomic mass is 19.1. The van der Waals surface area contributed by atoms with Crippen molar-refractivity contribution in [2.45, 2.75) is 26.7 Å². The first-order valence-corrected chi connectivity index (χ1v) is 5.40. The molecule has 0 saturated heterocycles. The van der Waals surface area contributed by atoms with Crippen LogP contribution in [0.3, 0.4) is 0 Å². The van der Waals surface area contributed by atoms with E-state index < -0.39 is 5.82 Å². The number of benzene rings is 1. The first-order chi connectivity index (χ1) is 7.56. The molecule has 0 radical (unpaired) electrons. The lowest BCUT2D eigenvalue weighted by atomic mass is 10.1. The molecule has 3 N–H and O–H groups in total. The lowest BCUT2D eigenvalue weighted by molar-refractivity contribution is 0.0952. The van der Waals surface area contributed by atoms with Crippen molar-refractivity contribution < 1.29 is 9.18 Å². The van der Waals surface area contributed by atoms with E-state index >= 15 is 0 Å². The van der Waals surface area contributed by atoms with Crippen LogP contribution in [0.15, 0.2) is 12.1 Å². The highest BCUT2D eigenvalue weighted by Crippen LogP contribution is 2.16. The second-order valence-electron chi connectivity index (χ2n) is 3.80. The molecule has 0 fully saturated rings. The van der Waals surface area contributed by atoms with E-state index in [9.17, 15) is 9.18 Å². The summed E-state index contributed by atoms with van der Waals surface area (Å²) in [4.78, 5) is 11.7. The number of nitrogen functional groups attached to an aromatic ring is 1. The van der Waals surface area contributed by atoms with Gasteiger partial charge in [0.25, 0.3) is 5.91 Å². The molecule has 4 heteroatoms. The smallest absolute Gasteiger partial charge is 0.251 e. The molecule has 0 bridgehead atoms. The van der Waals surface area contributed by atoms with Gasteiger partial charge in [0.15, 0.2) is 0 Å². The van der Waals surface area contributed by atoms with Gasteiger partial charge in [-0.2, -0.15) is 0 Å². The molecule has 1 rings (SSSR count). The molecule has 16 heavy (non-hydrogen) atoms. The first kappa shape index (κ1) is 12.5.